The van der Waals surface area contributed by atoms with Crippen LogP contribution < -0.4 is 16.2 Å². The number of nitrogens with two attached hydrogens (primary N) is 1. The maximum absolute atomic E-state index is 11.1. The fraction of sp³-hybridized carbons (Fsp3) is 0.600. The van der Waals surface area contributed by atoms with Crippen molar-refractivity contribution in [3.8, 4) is 0 Å². The molecule has 0 aliphatic rings. The molecule has 0 spiro atoms. The van der Waals surface area contributed by atoms with E-state index in [4.69, 9.17) is 26.2 Å². The van der Waals surface area contributed by atoms with Gasteiger partial charge in [-0.15, -0.1) is 0 Å². The molecule has 11 nitrogen and oxygen atoms in total. The number of hydrogen-bond donors (Lipinski definition) is 7. The van der Waals surface area contributed by atoms with E-state index in [1.54, 1.807) is 0 Å². The summed E-state index contributed by atoms with van der Waals surface area (Å²) in [5.74, 6) is -5.81. The Hall–Kier alpha value is -1.72. The Morgan fingerprint density at radius 2 is 1.05 bits per heavy atom. The summed E-state index contributed by atoms with van der Waals surface area (Å²) in [5, 5.41) is 32.8. The van der Waals surface area contributed by atoms with Crippen LogP contribution in [0, 0.1) is 0 Å². The number of hydrogen-bond acceptors (Lipinski definition) is 7. The van der Waals surface area contributed by atoms with E-state index in [1.165, 1.54) is 0 Å². The second-order valence-corrected chi connectivity index (χ2v) is 11.1. The van der Waals surface area contributed by atoms with Crippen molar-refractivity contribution < 1.29 is 51.6 Å². The van der Waals surface area contributed by atoms with E-state index in [0.717, 1.165) is 0 Å². The first kappa shape index (κ1) is 22.6. The Morgan fingerprint density at radius 1 is 0.773 bits per heavy atom. The van der Waals surface area contributed by atoms with Gasteiger partial charge in [0.05, 0.1) is 0 Å². The van der Waals surface area contributed by atoms with Crippen molar-refractivity contribution in [2.45, 2.75) is 21.3 Å². The third-order valence-electron chi connectivity index (χ3n) is 2.32. The Balaban J connectivity index is 0. The number of carbonyl (C=O) groups is 4. The Morgan fingerprint density at radius 3 is 1.23 bits per heavy atom. The van der Waals surface area contributed by atoms with Crippen molar-refractivity contribution in [1.29, 1.82) is 0 Å². The molecule has 0 heterocycles. The van der Waals surface area contributed by atoms with Crippen LogP contribution in [0.15, 0.2) is 0 Å². The zero-order chi connectivity index (χ0) is 16.7. The van der Waals surface area contributed by atoms with E-state index < -0.39 is 57.2 Å². The first-order chi connectivity index (χ1) is 9.54. The molecule has 22 heavy (non-hydrogen) atoms. The predicted octanol–water partition coefficient (Wildman–Crippen LogP) is -0.687. The van der Waals surface area contributed by atoms with E-state index in [0.29, 0.717) is 0 Å². The van der Waals surface area contributed by atoms with Crippen LogP contribution in [0.2, 0.25) is 21.3 Å². The summed E-state index contributed by atoms with van der Waals surface area (Å²) in [6, 6.07) is 0. The summed E-state index contributed by atoms with van der Waals surface area (Å²) in [5.41, 5.74) is 5.29. The van der Waals surface area contributed by atoms with Gasteiger partial charge in [-0.05, 0) is 0 Å². The molecule has 133 valence electrons. The molecular weight excluding hydrogens is 346 g/mol. The van der Waals surface area contributed by atoms with Crippen LogP contribution in [0.5, 0.6) is 0 Å². The molecular formula is C10H22FeN3O8. The molecule has 12 heteroatoms. The molecule has 0 unspecified atom stereocenters. The zero-order valence-corrected chi connectivity index (χ0v) is 12.9. The van der Waals surface area contributed by atoms with E-state index in [9.17, 15) is 19.2 Å². The minimum absolute atomic E-state index is 0. The summed E-state index contributed by atoms with van der Waals surface area (Å²) in [4.78, 5) is 44.5. The van der Waals surface area contributed by atoms with Gasteiger partial charge in [-0.25, -0.2) is 0 Å². The second kappa shape index (κ2) is 8.66. The molecule has 0 aliphatic heterocycles. The summed E-state index contributed by atoms with van der Waals surface area (Å²) < 4.78 is 2.62. The summed E-state index contributed by atoms with van der Waals surface area (Å²) in [6.07, 6.45) is 0. The molecule has 0 aromatic carbocycles. The van der Waals surface area contributed by atoms with E-state index >= 15 is 0 Å². The first-order valence-corrected chi connectivity index (χ1v) is 9.24. The second-order valence-electron chi connectivity index (χ2n) is 4.30. The summed E-state index contributed by atoms with van der Waals surface area (Å²) in [7, 11) is 0. The third-order valence-corrected chi connectivity index (χ3v) is 9.13. The summed E-state index contributed by atoms with van der Waals surface area (Å²) in [6.45, 7) is -0.0803. The molecule has 10 N–H and O–H groups in total. The number of nitrogens with one attached hydrogen (secondary N) is 1. The first-order valence-electron chi connectivity index (χ1n) is 5.56. The molecule has 0 radical (unpaired) electrons. The molecule has 0 saturated heterocycles. The Kier molecular flexibility index (Phi) is 8.88. The normalized spacial score (nSPS) is 12.5. The van der Waals surface area contributed by atoms with Crippen molar-refractivity contribution in [3.05, 3.63) is 0 Å². The van der Waals surface area contributed by atoms with Crippen molar-refractivity contribution >= 4 is 23.9 Å². The SMILES string of the molecule is N.NCC[NH][Fe]([CH2]C(=O)O)([CH2]C(=O)O)([CH2]C(=O)O)[CH2]C(=O)O. The van der Waals surface area contributed by atoms with E-state index in [2.05, 4.69) is 4.33 Å². The zero-order valence-electron chi connectivity index (χ0n) is 11.8. The van der Waals surface area contributed by atoms with Gasteiger partial charge in [0.2, 0.25) is 0 Å². The predicted molar refractivity (Wildman–Crippen MR) is 71.9 cm³/mol. The topological polar surface area (TPSA) is 222 Å². The maximum atomic E-state index is 11.1. The fourth-order valence-corrected chi connectivity index (χ4v) is 7.69. The van der Waals surface area contributed by atoms with Crippen LogP contribution in [-0.4, -0.2) is 57.4 Å². The van der Waals surface area contributed by atoms with Crippen molar-refractivity contribution in [1.82, 2.24) is 10.5 Å². The molecule has 0 rings (SSSR count). The van der Waals surface area contributed by atoms with Crippen molar-refractivity contribution in [2.75, 3.05) is 13.1 Å². The number of aliphatic carboxylic acids is 4. The molecule has 0 amide bonds. The average molecular weight is 368 g/mol. The molecule has 0 saturated carbocycles. The minimum atomic E-state index is -4.49. The molecule has 0 aromatic rings. The van der Waals surface area contributed by atoms with Crippen LogP contribution in [0.1, 0.15) is 0 Å². The van der Waals surface area contributed by atoms with Gasteiger partial charge in [0.15, 0.2) is 0 Å². The molecule has 0 atom stereocenters. The van der Waals surface area contributed by atoms with Crippen LogP contribution >= 0.6 is 0 Å². The molecule has 0 bridgehead atoms. The fourth-order valence-electron chi connectivity index (χ4n) is 1.86. The van der Waals surface area contributed by atoms with E-state index in [-0.39, 0.29) is 19.2 Å². The van der Waals surface area contributed by atoms with Crippen molar-refractivity contribution in [3.63, 3.8) is 0 Å². The van der Waals surface area contributed by atoms with Gasteiger partial charge in [-0.3, -0.25) is 0 Å². The van der Waals surface area contributed by atoms with Gasteiger partial charge < -0.3 is 6.15 Å². The van der Waals surface area contributed by atoms with Crippen LogP contribution in [-0.2, 0) is 31.2 Å². The van der Waals surface area contributed by atoms with Gasteiger partial charge >= 0.3 is 120 Å². The Labute approximate surface area is 126 Å². The number of carboxylic acids is 4. The van der Waals surface area contributed by atoms with Crippen LogP contribution in [0.25, 0.3) is 0 Å². The number of carboxylic acid groups (broad SMARTS) is 4. The van der Waals surface area contributed by atoms with Crippen LogP contribution in [0.4, 0.5) is 0 Å². The molecule has 0 fully saturated rings. The quantitative estimate of drug-likeness (QED) is 0.226. The van der Waals surface area contributed by atoms with Crippen LogP contribution in [0.3, 0.4) is 0 Å². The van der Waals surface area contributed by atoms with Crippen molar-refractivity contribution in [2.24, 2.45) is 5.73 Å². The van der Waals surface area contributed by atoms with Gasteiger partial charge in [0.25, 0.3) is 0 Å². The van der Waals surface area contributed by atoms with E-state index in [1.807, 2.05) is 0 Å². The molecule has 0 aromatic heterocycles. The molecule has 0 aliphatic carbocycles. The van der Waals surface area contributed by atoms with Gasteiger partial charge in [0, 0.05) is 0 Å². The third kappa shape index (κ3) is 6.82. The average Bonchev–Trinajstić information content (AvgIpc) is 2.21. The number of rotatable bonds is 11. The van der Waals surface area contributed by atoms with Gasteiger partial charge in [-0.1, -0.05) is 0 Å². The standard InChI is InChI=1S/C2H7N2.4C2H3O2.Fe.H3N/c3-1-2-4;4*1-2(3)4;;/h3H,1-2,4H2;4*1H2,(H,3,4);;1H3/q-1;;;;;+1;. The van der Waals surface area contributed by atoms with Gasteiger partial charge in [0.1, 0.15) is 0 Å². The monoisotopic (exact) mass is 368 g/mol. The summed E-state index contributed by atoms with van der Waals surface area (Å²) >= 11 is -4.49. The Bertz CT molecular complexity index is 380. The van der Waals surface area contributed by atoms with Gasteiger partial charge in [-0.2, -0.15) is 0 Å².